The molecule has 0 aromatic heterocycles. The molecule has 1 aliphatic rings. The van der Waals surface area contributed by atoms with Crippen molar-refractivity contribution in [1.29, 1.82) is 0 Å². The fraction of sp³-hybridized carbons (Fsp3) is 0.500. The molecule has 1 N–H and O–H groups in total. The smallest absolute Gasteiger partial charge is 0.211 e. The Hall–Kier alpha value is -2.09. The van der Waals surface area contributed by atoms with Gasteiger partial charge in [0, 0.05) is 64.2 Å². The lowest BCUT2D eigenvalue weighted by Gasteiger charge is -2.40. The molecule has 1 saturated heterocycles. The molecule has 0 aliphatic carbocycles. The molecule has 0 radical (unpaired) electrons. The third-order valence-corrected chi connectivity index (χ3v) is 7.43. The maximum absolute atomic E-state index is 12.5. The highest BCUT2D eigenvalue weighted by Gasteiger charge is 2.27. The van der Waals surface area contributed by atoms with E-state index in [0.29, 0.717) is 6.54 Å². The number of hydrogen-bond donors (Lipinski definition) is 1. The summed E-state index contributed by atoms with van der Waals surface area (Å²) in [7, 11) is 0.753. The second kappa shape index (κ2) is 10.5. The third kappa shape index (κ3) is 6.69. The van der Waals surface area contributed by atoms with Gasteiger partial charge in [0.1, 0.15) is 0 Å². The van der Waals surface area contributed by atoms with E-state index in [9.17, 15) is 8.42 Å². The third-order valence-electron chi connectivity index (χ3n) is 5.72. The maximum atomic E-state index is 12.5. The Morgan fingerprint density at radius 1 is 0.935 bits per heavy atom. The first kappa shape index (κ1) is 23.6. The van der Waals surface area contributed by atoms with Gasteiger partial charge >= 0.3 is 0 Å². The molecule has 0 spiro atoms. The summed E-state index contributed by atoms with van der Waals surface area (Å²) in [5, 5.41) is 0. The molecular formula is C24H36N4O2S. The Morgan fingerprint density at radius 2 is 1.55 bits per heavy atom. The van der Waals surface area contributed by atoms with Crippen LogP contribution < -0.4 is 14.5 Å². The van der Waals surface area contributed by atoms with Crippen molar-refractivity contribution in [2.24, 2.45) is 5.92 Å². The van der Waals surface area contributed by atoms with Gasteiger partial charge in [0.25, 0.3) is 0 Å². The van der Waals surface area contributed by atoms with Crippen LogP contribution in [0.3, 0.4) is 0 Å². The monoisotopic (exact) mass is 444 g/mol. The van der Waals surface area contributed by atoms with Crippen LogP contribution in [0.25, 0.3) is 0 Å². The molecule has 2 aromatic rings. The van der Waals surface area contributed by atoms with Crippen molar-refractivity contribution in [2.45, 2.75) is 19.9 Å². The molecule has 7 heteroatoms. The van der Waals surface area contributed by atoms with Gasteiger partial charge in [0.05, 0.1) is 5.75 Å². The highest BCUT2D eigenvalue weighted by Crippen LogP contribution is 2.26. The number of nitrogens with one attached hydrogen (secondary N) is 1. The Kier molecular flexibility index (Phi) is 7.97. The first-order chi connectivity index (χ1) is 14.7. The van der Waals surface area contributed by atoms with Crippen LogP contribution in [-0.2, 0) is 10.0 Å². The van der Waals surface area contributed by atoms with Gasteiger partial charge < -0.3 is 9.80 Å². The Labute approximate surface area is 187 Å². The van der Waals surface area contributed by atoms with E-state index in [0.717, 1.165) is 37.4 Å². The summed E-state index contributed by atoms with van der Waals surface area (Å²) >= 11 is 0. The van der Waals surface area contributed by atoms with E-state index in [1.54, 1.807) is 0 Å². The number of anilines is 2. The number of nitrogens with zero attached hydrogens (tertiary/aromatic N) is 3. The quantitative estimate of drug-likeness (QED) is 0.644. The largest absolute Gasteiger partial charge is 0.378 e. The zero-order chi connectivity index (χ0) is 22.4. The highest BCUT2D eigenvalue weighted by molar-refractivity contribution is 7.89. The van der Waals surface area contributed by atoms with Gasteiger partial charge in [-0.25, -0.2) is 13.1 Å². The first-order valence-corrected chi connectivity index (χ1v) is 12.7. The van der Waals surface area contributed by atoms with Gasteiger partial charge in [-0.3, -0.25) is 4.90 Å². The zero-order valence-corrected chi connectivity index (χ0v) is 20.0. The molecule has 3 rings (SSSR count). The Balaban J connectivity index is 1.74. The summed E-state index contributed by atoms with van der Waals surface area (Å²) in [5.74, 6) is 0.255. The van der Waals surface area contributed by atoms with Crippen molar-refractivity contribution in [3.8, 4) is 0 Å². The molecule has 31 heavy (non-hydrogen) atoms. The van der Waals surface area contributed by atoms with Crippen molar-refractivity contribution in [3.05, 3.63) is 60.2 Å². The molecule has 6 nitrogen and oxygen atoms in total. The fourth-order valence-electron chi connectivity index (χ4n) is 4.09. The van der Waals surface area contributed by atoms with E-state index in [-0.39, 0.29) is 17.7 Å². The molecule has 1 aliphatic heterocycles. The van der Waals surface area contributed by atoms with E-state index in [2.05, 4.69) is 68.0 Å². The minimum absolute atomic E-state index is 0.0103. The number of rotatable bonds is 9. The van der Waals surface area contributed by atoms with Gasteiger partial charge in [0.15, 0.2) is 0 Å². The highest BCUT2D eigenvalue weighted by atomic mass is 32.2. The van der Waals surface area contributed by atoms with E-state index < -0.39 is 10.0 Å². The summed E-state index contributed by atoms with van der Waals surface area (Å²) < 4.78 is 27.9. The van der Waals surface area contributed by atoms with Crippen LogP contribution in [-0.4, -0.2) is 65.9 Å². The second-order valence-electron chi connectivity index (χ2n) is 8.88. The van der Waals surface area contributed by atoms with Crippen LogP contribution in [0.5, 0.6) is 0 Å². The van der Waals surface area contributed by atoms with Crippen molar-refractivity contribution in [3.63, 3.8) is 0 Å². The molecule has 0 saturated carbocycles. The summed E-state index contributed by atoms with van der Waals surface area (Å²) in [6.07, 6.45) is 0. The predicted molar refractivity (Wildman–Crippen MR) is 130 cm³/mol. The average molecular weight is 445 g/mol. The zero-order valence-electron chi connectivity index (χ0n) is 19.2. The molecule has 0 bridgehead atoms. The summed E-state index contributed by atoms with van der Waals surface area (Å²) in [5.41, 5.74) is 3.52. The van der Waals surface area contributed by atoms with Crippen LogP contribution in [0.4, 0.5) is 11.4 Å². The molecule has 2 aromatic carbocycles. The molecular weight excluding hydrogens is 408 g/mol. The minimum Gasteiger partial charge on any atom is -0.378 e. The number of piperazine rings is 1. The molecule has 1 unspecified atom stereocenters. The van der Waals surface area contributed by atoms with Gasteiger partial charge in [-0.2, -0.15) is 0 Å². The lowest BCUT2D eigenvalue weighted by atomic mass is 10.0. The van der Waals surface area contributed by atoms with Crippen LogP contribution in [0.1, 0.15) is 25.5 Å². The van der Waals surface area contributed by atoms with E-state index >= 15 is 0 Å². The fourth-order valence-corrected chi connectivity index (χ4v) is 5.49. The SMILES string of the molecule is CC(C)CS(=O)(=O)NCC(c1ccc(N(C)C)cc1)N1CCN(c2ccccc2)CC1. The van der Waals surface area contributed by atoms with Crippen LogP contribution in [0, 0.1) is 5.92 Å². The first-order valence-electron chi connectivity index (χ1n) is 11.0. The predicted octanol–water partition coefficient (Wildman–Crippen LogP) is 3.19. The van der Waals surface area contributed by atoms with Gasteiger partial charge in [-0.15, -0.1) is 0 Å². The van der Waals surface area contributed by atoms with E-state index in [4.69, 9.17) is 0 Å². The van der Waals surface area contributed by atoms with Crippen LogP contribution in [0.2, 0.25) is 0 Å². The normalized spacial score (nSPS) is 16.5. The Morgan fingerprint density at radius 3 is 2.10 bits per heavy atom. The van der Waals surface area contributed by atoms with E-state index in [1.807, 2.05) is 34.0 Å². The Bertz CT molecular complexity index is 906. The van der Waals surface area contributed by atoms with Gasteiger partial charge in [-0.05, 0) is 35.7 Å². The van der Waals surface area contributed by atoms with Crippen LogP contribution >= 0.6 is 0 Å². The van der Waals surface area contributed by atoms with Crippen molar-refractivity contribution in [2.75, 3.05) is 62.4 Å². The topological polar surface area (TPSA) is 55.9 Å². The van der Waals surface area contributed by atoms with E-state index in [1.165, 1.54) is 5.69 Å². The molecule has 1 atom stereocenters. The summed E-state index contributed by atoms with van der Waals surface area (Å²) in [4.78, 5) is 6.87. The lowest BCUT2D eigenvalue weighted by molar-refractivity contribution is 0.187. The van der Waals surface area contributed by atoms with Crippen molar-refractivity contribution < 1.29 is 8.42 Å². The van der Waals surface area contributed by atoms with Crippen molar-refractivity contribution in [1.82, 2.24) is 9.62 Å². The summed E-state index contributed by atoms with van der Waals surface area (Å²) in [6.45, 7) is 7.88. The molecule has 1 fully saturated rings. The molecule has 0 amide bonds. The van der Waals surface area contributed by atoms with Gasteiger partial charge in [-0.1, -0.05) is 44.2 Å². The number of hydrogen-bond acceptors (Lipinski definition) is 5. The second-order valence-corrected chi connectivity index (χ2v) is 10.7. The standard InChI is InChI=1S/C24H36N4O2S/c1-20(2)19-31(29,30)25-18-24(21-10-12-22(13-11-21)26(3)4)28-16-14-27(15-17-28)23-8-6-5-7-9-23/h5-13,20,24-25H,14-19H2,1-4H3. The summed E-state index contributed by atoms with van der Waals surface area (Å²) in [6, 6.07) is 18.9. The average Bonchev–Trinajstić information content (AvgIpc) is 2.74. The lowest BCUT2D eigenvalue weighted by Crippen LogP contribution is -2.50. The number of sulfonamides is 1. The number of para-hydroxylation sites is 1. The molecule has 1 heterocycles. The van der Waals surface area contributed by atoms with Crippen molar-refractivity contribution >= 4 is 21.4 Å². The molecule has 170 valence electrons. The van der Waals surface area contributed by atoms with Crippen LogP contribution in [0.15, 0.2) is 54.6 Å². The maximum Gasteiger partial charge on any atom is 0.211 e. The number of benzene rings is 2. The van der Waals surface area contributed by atoms with Gasteiger partial charge in [0.2, 0.25) is 10.0 Å². The minimum atomic E-state index is -3.29.